The van der Waals surface area contributed by atoms with Crippen molar-refractivity contribution >= 4 is 0 Å². The third-order valence-corrected chi connectivity index (χ3v) is 5.50. The van der Waals surface area contributed by atoms with E-state index in [1.54, 1.807) is 0 Å². The van der Waals surface area contributed by atoms with E-state index in [1.807, 2.05) is 0 Å². The van der Waals surface area contributed by atoms with Crippen molar-refractivity contribution in [1.82, 2.24) is 5.43 Å². The second-order valence-electron chi connectivity index (χ2n) is 7.05. The van der Waals surface area contributed by atoms with Crippen LogP contribution in [0.25, 0.3) is 0 Å². The normalized spacial score (nSPS) is 29.3. The summed E-state index contributed by atoms with van der Waals surface area (Å²) in [4.78, 5) is 0. The Morgan fingerprint density at radius 1 is 1.24 bits per heavy atom. The molecule has 0 aromatic rings. The first-order chi connectivity index (χ1) is 10.1. The average molecular weight is 299 g/mol. The molecule has 0 spiro atoms. The van der Waals surface area contributed by atoms with Crippen LogP contribution in [0, 0.1) is 11.8 Å². The molecule has 0 heterocycles. The molecule has 0 saturated heterocycles. The number of nitrogens with one attached hydrogen (secondary N) is 1. The van der Waals surface area contributed by atoms with Crippen LogP contribution < -0.4 is 11.3 Å². The third-order valence-electron chi connectivity index (χ3n) is 5.50. The highest BCUT2D eigenvalue weighted by Gasteiger charge is 2.42. The maximum absolute atomic E-state index is 6.28. The zero-order chi connectivity index (χ0) is 15.7. The molecule has 1 aliphatic rings. The maximum Gasteiger partial charge on any atom is 0.0848 e. The Labute approximate surface area is 132 Å². The van der Waals surface area contributed by atoms with Crippen LogP contribution in [0.2, 0.25) is 0 Å². The highest BCUT2D eigenvalue weighted by atomic mass is 16.5. The molecule has 1 aliphatic carbocycles. The number of unbranched alkanes of at least 4 members (excludes halogenated alkanes) is 1. The molecule has 126 valence electrons. The largest absolute Gasteiger partial charge is 0.374 e. The van der Waals surface area contributed by atoms with Crippen molar-refractivity contribution in [2.24, 2.45) is 17.7 Å². The first kappa shape index (κ1) is 18.9. The van der Waals surface area contributed by atoms with Crippen LogP contribution in [0.3, 0.4) is 0 Å². The Hall–Kier alpha value is -0.120. The number of hydrazine groups is 1. The lowest BCUT2D eigenvalue weighted by Gasteiger charge is -2.45. The quantitative estimate of drug-likeness (QED) is 0.464. The van der Waals surface area contributed by atoms with E-state index in [2.05, 4.69) is 33.1 Å². The van der Waals surface area contributed by atoms with Crippen LogP contribution in [-0.4, -0.2) is 18.2 Å². The molecule has 0 radical (unpaired) electrons. The van der Waals surface area contributed by atoms with E-state index >= 15 is 0 Å². The van der Waals surface area contributed by atoms with Gasteiger partial charge >= 0.3 is 0 Å². The highest BCUT2D eigenvalue weighted by molar-refractivity contribution is 4.96. The molecule has 0 bridgehead atoms. The standard InChI is InChI=1S/C18H38N2O/c1-5-8-9-16(6-2)14-17(20-19)18(21-7-3)12-10-15(4)11-13-18/h15-17,20H,5-14,19H2,1-4H3. The van der Waals surface area contributed by atoms with E-state index in [1.165, 1.54) is 38.5 Å². The lowest BCUT2D eigenvalue weighted by Crippen LogP contribution is -2.57. The molecular formula is C18H38N2O. The Morgan fingerprint density at radius 3 is 2.38 bits per heavy atom. The van der Waals surface area contributed by atoms with Crippen molar-refractivity contribution in [3.63, 3.8) is 0 Å². The van der Waals surface area contributed by atoms with Crippen molar-refractivity contribution in [2.75, 3.05) is 6.61 Å². The fourth-order valence-corrected chi connectivity index (χ4v) is 3.88. The zero-order valence-electron chi connectivity index (χ0n) is 14.8. The molecule has 0 aromatic heterocycles. The van der Waals surface area contributed by atoms with Crippen molar-refractivity contribution < 1.29 is 4.74 Å². The number of nitrogens with two attached hydrogens (primary N) is 1. The number of hydrogen-bond donors (Lipinski definition) is 2. The first-order valence-corrected chi connectivity index (χ1v) is 9.21. The summed E-state index contributed by atoms with van der Waals surface area (Å²) in [5.41, 5.74) is 3.10. The Balaban J connectivity index is 2.72. The summed E-state index contributed by atoms with van der Waals surface area (Å²) < 4.78 is 6.28. The van der Waals surface area contributed by atoms with Crippen LogP contribution in [0.5, 0.6) is 0 Å². The second-order valence-corrected chi connectivity index (χ2v) is 7.05. The summed E-state index contributed by atoms with van der Waals surface area (Å²) in [6.45, 7) is 9.84. The van der Waals surface area contributed by atoms with Gasteiger partial charge in [-0.3, -0.25) is 11.3 Å². The van der Waals surface area contributed by atoms with Gasteiger partial charge in [-0.05, 0) is 50.9 Å². The monoisotopic (exact) mass is 298 g/mol. The van der Waals surface area contributed by atoms with Gasteiger partial charge in [-0.1, -0.05) is 46.5 Å². The van der Waals surface area contributed by atoms with Crippen LogP contribution in [0.4, 0.5) is 0 Å². The van der Waals surface area contributed by atoms with Gasteiger partial charge in [0.1, 0.15) is 0 Å². The molecule has 0 aromatic carbocycles. The van der Waals surface area contributed by atoms with Gasteiger partial charge in [0.05, 0.1) is 11.6 Å². The fourth-order valence-electron chi connectivity index (χ4n) is 3.88. The minimum Gasteiger partial charge on any atom is -0.374 e. The van der Waals surface area contributed by atoms with Gasteiger partial charge < -0.3 is 4.74 Å². The van der Waals surface area contributed by atoms with Crippen molar-refractivity contribution in [3.8, 4) is 0 Å². The van der Waals surface area contributed by atoms with Gasteiger partial charge in [-0.15, -0.1) is 0 Å². The van der Waals surface area contributed by atoms with E-state index in [-0.39, 0.29) is 5.60 Å². The van der Waals surface area contributed by atoms with Gasteiger partial charge in [0.2, 0.25) is 0 Å². The predicted octanol–water partition coefficient (Wildman–Crippen LogP) is 4.41. The highest BCUT2D eigenvalue weighted by Crippen LogP contribution is 2.39. The first-order valence-electron chi connectivity index (χ1n) is 9.21. The SMILES string of the molecule is CCCCC(CC)CC(NN)C1(OCC)CCC(C)CC1. The summed E-state index contributed by atoms with van der Waals surface area (Å²) in [5, 5.41) is 0. The van der Waals surface area contributed by atoms with Crippen molar-refractivity contribution in [1.29, 1.82) is 0 Å². The smallest absolute Gasteiger partial charge is 0.0848 e. The lowest BCUT2D eigenvalue weighted by atomic mass is 9.72. The van der Waals surface area contributed by atoms with E-state index in [0.717, 1.165) is 37.7 Å². The molecule has 3 heteroatoms. The topological polar surface area (TPSA) is 47.3 Å². The van der Waals surface area contributed by atoms with E-state index in [0.29, 0.717) is 6.04 Å². The summed E-state index contributed by atoms with van der Waals surface area (Å²) in [5.74, 6) is 7.55. The lowest BCUT2D eigenvalue weighted by molar-refractivity contribution is -0.101. The minimum atomic E-state index is -0.0321. The molecule has 21 heavy (non-hydrogen) atoms. The molecule has 1 saturated carbocycles. The third kappa shape index (κ3) is 5.54. The number of hydrogen-bond acceptors (Lipinski definition) is 3. The second kappa shape index (κ2) is 9.81. The van der Waals surface area contributed by atoms with Gasteiger partial charge in [0.15, 0.2) is 0 Å². The molecule has 3 N–H and O–H groups in total. The minimum absolute atomic E-state index is 0.0321. The summed E-state index contributed by atoms with van der Waals surface area (Å²) >= 11 is 0. The predicted molar refractivity (Wildman–Crippen MR) is 91.0 cm³/mol. The van der Waals surface area contributed by atoms with Gasteiger partial charge in [0.25, 0.3) is 0 Å². The van der Waals surface area contributed by atoms with E-state index < -0.39 is 0 Å². The van der Waals surface area contributed by atoms with Gasteiger partial charge in [0, 0.05) is 6.61 Å². The van der Waals surface area contributed by atoms with Crippen LogP contribution in [0.15, 0.2) is 0 Å². The number of rotatable bonds is 10. The van der Waals surface area contributed by atoms with Crippen molar-refractivity contribution in [2.45, 2.75) is 97.1 Å². The molecule has 0 aliphatic heterocycles. The summed E-state index contributed by atoms with van der Waals surface area (Å²) in [6, 6.07) is 0.298. The summed E-state index contributed by atoms with van der Waals surface area (Å²) in [7, 11) is 0. The van der Waals surface area contributed by atoms with Crippen LogP contribution in [-0.2, 0) is 4.74 Å². The molecule has 2 atom stereocenters. The zero-order valence-corrected chi connectivity index (χ0v) is 14.8. The number of ether oxygens (including phenoxy) is 1. The van der Waals surface area contributed by atoms with Crippen molar-refractivity contribution in [3.05, 3.63) is 0 Å². The maximum atomic E-state index is 6.28. The molecule has 2 unspecified atom stereocenters. The molecule has 0 amide bonds. The van der Waals surface area contributed by atoms with E-state index in [4.69, 9.17) is 10.6 Å². The Bertz CT molecular complexity index is 262. The van der Waals surface area contributed by atoms with Crippen LogP contribution in [0.1, 0.15) is 85.5 Å². The Kier molecular flexibility index (Phi) is 8.84. The molecule has 1 fully saturated rings. The fraction of sp³-hybridized carbons (Fsp3) is 1.00. The summed E-state index contributed by atoms with van der Waals surface area (Å²) in [6.07, 6.45) is 11.2. The van der Waals surface area contributed by atoms with E-state index in [9.17, 15) is 0 Å². The van der Waals surface area contributed by atoms with Gasteiger partial charge in [-0.2, -0.15) is 0 Å². The molecular weight excluding hydrogens is 260 g/mol. The van der Waals surface area contributed by atoms with Crippen LogP contribution >= 0.6 is 0 Å². The van der Waals surface area contributed by atoms with Gasteiger partial charge in [-0.25, -0.2) is 0 Å². The Morgan fingerprint density at radius 2 is 1.90 bits per heavy atom. The average Bonchev–Trinajstić information content (AvgIpc) is 2.50. The molecule has 3 nitrogen and oxygen atoms in total. The molecule has 1 rings (SSSR count).